The second-order valence-electron chi connectivity index (χ2n) is 4.96. The van der Waals surface area contributed by atoms with Crippen LogP contribution in [0.5, 0.6) is 0 Å². The maximum atomic E-state index is 13.6. The van der Waals surface area contributed by atoms with E-state index in [-0.39, 0.29) is 16.6 Å². The molecule has 0 saturated heterocycles. The lowest BCUT2D eigenvalue weighted by atomic mass is 10.1. The van der Waals surface area contributed by atoms with Crippen molar-refractivity contribution >= 4 is 29.1 Å². The normalized spacial score (nSPS) is 11.8. The van der Waals surface area contributed by atoms with Crippen LogP contribution in [0.4, 0.5) is 14.5 Å². The van der Waals surface area contributed by atoms with Crippen LogP contribution in [0.2, 0.25) is 0 Å². The van der Waals surface area contributed by atoms with Gasteiger partial charge in [-0.2, -0.15) is 0 Å². The molecule has 3 nitrogen and oxygen atoms in total. The first-order valence-corrected chi connectivity index (χ1v) is 7.78. The first-order chi connectivity index (χ1) is 10.9. The second-order valence-corrected chi connectivity index (χ2v) is 6.34. The van der Waals surface area contributed by atoms with Gasteiger partial charge in [-0.25, -0.2) is 8.78 Å². The van der Waals surface area contributed by atoms with E-state index in [1.54, 1.807) is 31.2 Å². The van der Waals surface area contributed by atoms with Gasteiger partial charge in [-0.1, -0.05) is 0 Å². The molecule has 0 aromatic heterocycles. The molecule has 23 heavy (non-hydrogen) atoms. The third-order valence-corrected chi connectivity index (χ3v) is 4.21. The third kappa shape index (κ3) is 4.63. The molecule has 2 aromatic rings. The van der Waals surface area contributed by atoms with Crippen LogP contribution in [-0.2, 0) is 4.79 Å². The summed E-state index contributed by atoms with van der Waals surface area (Å²) >= 11 is 1.04. The monoisotopic (exact) mass is 335 g/mol. The van der Waals surface area contributed by atoms with Crippen LogP contribution in [0.1, 0.15) is 24.2 Å². The Hall–Kier alpha value is -2.21. The smallest absolute Gasteiger partial charge is 0.221 e. The fourth-order valence-corrected chi connectivity index (χ4v) is 2.91. The van der Waals surface area contributed by atoms with E-state index in [0.717, 1.165) is 23.9 Å². The van der Waals surface area contributed by atoms with Crippen LogP contribution >= 0.6 is 11.8 Å². The first kappa shape index (κ1) is 17.1. The Kier molecular flexibility index (Phi) is 5.50. The minimum absolute atomic E-state index is 0.173. The summed E-state index contributed by atoms with van der Waals surface area (Å²) in [6.07, 6.45) is 0. The number of benzene rings is 2. The van der Waals surface area contributed by atoms with E-state index in [4.69, 9.17) is 0 Å². The molecule has 1 atom stereocenters. The van der Waals surface area contributed by atoms with Gasteiger partial charge in [-0.15, -0.1) is 11.8 Å². The highest BCUT2D eigenvalue weighted by Gasteiger charge is 2.18. The van der Waals surface area contributed by atoms with Crippen molar-refractivity contribution in [2.45, 2.75) is 24.0 Å². The highest BCUT2D eigenvalue weighted by atomic mass is 32.2. The van der Waals surface area contributed by atoms with E-state index in [2.05, 4.69) is 5.32 Å². The number of carbonyl (C=O) groups excluding carboxylic acids is 2. The molecule has 1 N–H and O–H groups in total. The fraction of sp³-hybridized carbons (Fsp3) is 0.176. The highest BCUT2D eigenvalue weighted by molar-refractivity contribution is 8.00. The predicted octanol–water partition coefficient (Wildman–Crippen LogP) is 4.29. The van der Waals surface area contributed by atoms with Crippen molar-refractivity contribution in [1.29, 1.82) is 0 Å². The van der Waals surface area contributed by atoms with Gasteiger partial charge in [-0.3, -0.25) is 9.59 Å². The molecule has 0 unspecified atom stereocenters. The number of ketones is 1. The van der Waals surface area contributed by atoms with Gasteiger partial charge >= 0.3 is 0 Å². The van der Waals surface area contributed by atoms with Crippen LogP contribution in [0.15, 0.2) is 47.4 Å². The maximum Gasteiger partial charge on any atom is 0.221 e. The van der Waals surface area contributed by atoms with E-state index < -0.39 is 16.9 Å². The molecule has 0 bridgehead atoms. The zero-order chi connectivity index (χ0) is 17.0. The largest absolute Gasteiger partial charge is 0.326 e. The number of rotatable bonds is 5. The van der Waals surface area contributed by atoms with Crippen molar-refractivity contribution in [3.05, 3.63) is 59.7 Å². The van der Waals surface area contributed by atoms with E-state index in [1.165, 1.54) is 13.0 Å². The Balaban J connectivity index is 2.08. The topological polar surface area (TPSA) is 46.2 Å². The second kappa shape index (κ2) is 7.37. The SMILES string of the molecule is CC(=O)Nc1ccc(C(=O)[C@@H](C)Sc2ccc(F)cc2F)cc1. The number of anilines is 1. The summed E-state index contributed by atoms with van der Waals surface area (Å²) in [5, 5.41) is 2.09. The highest BCUT2D eigenvalue weighted by Crippen LogP contribution is 2.28. The number of amides is 1. The molecule has 0 aliphatic rings. The zero-order valence-electron chi connectivity index (χ0n) is 12.6. The van der Waals surface area contributed by atoms with Crippen LogP contribution < -0.4 is 5.32 Å². The molecule has 0 radical (unpaired) electrons. The van der Waals surface area contributed by atoms with E-state index >= 15 is 0 Å². The zero-order valence-corrected chi connectivity index (χ0v) is 13.4. The van der Waals surface area contributed by atoms with Gasteiger partial charge in [-0.05, 0) is 43.3 Å². The van der Waals surface area contributed by atoms with E-state index in [9.17, 15) is 18.4 Å². The molecule has 6 heteroatoms. The first-order valence-electron chi connectivity index (χ1n) is 6.90. The Morgan fingerprint density at radius 2 is 1.74 bits per heavy atom. The van der Waals surface area contributed by atoms with Gasteiger partial charge in [0, 0.05) is 29.1 Å². The molecule has 1 amide bonds. The number of halogens is 2. The van der Waals surface area contributed by atoms with Gasteiger partial charge in [0.1, 0.15) is 11.6 Å². The van der Waals surface area contributed by atoms with Gasteiger partial charge in [0.05, 0.1) is 5.25 Å². The molecule has 2 aromatic carbocycles. The third-order valence-electron chi connectivity index (χ3n) is 3.06. The van der Waals surface area contributed by atoms with Crippen molar-refractivity contribution in [3.63, 3.8) is 0 Å². The predicted molar refractivity (Wildman–Crippen MR) is 86.8 cm³/mol. The Morgan fingerprint density at radius 1 is 1.09 bits per heavy atom. The number of carbonyl (C=O) groups is 2. The standard InChI is InChI=1S/C17H15F2NO2S/c1-10(23-16-8-5-13(18)9-15(16)19)17(22)12-3-6-14(7-4-12)20-11(2)21/h3-10H,1-2H3,(H,20,21)/t10-/m1/s1. The number of nitrogens with one attached hydrogen (secondary N) is 1. The van der Waals surface area contributed by atoms with Crippen LogP contribution in [0.3, 0.4) is 0 Å². The fourth-order valence-electron chi connectivity index (χ4n) is 1.97. The molecule has 0 saturated carbocycles. The molecule has 2 rings (SSSR count). The molecular formula is C17H15F2NO2S. The van der Waals surface area contributed by atoms with Gasteiger partial charge in [0.15, 0.2) is 5.78 Å². The summed E-state index contributed by atoms with van der Waals surface area (Å²) in [4.78, 5) is 23.5. The molecule has 0 aliphatic carbocycles. The van der Waals surface area contributed by atoms with Crippen molar-refractivity contribution in [2.24, 2.45) is 0 Å². The number of hydrogen-bond donors (Lipinski definition) is 1. The summed E-state index contributed by atoms with van der Waals surface area (Å²) in [5.74, 6) is -1.71. The Morgan fingerprint density at radius 3 is 2.30 bits per heavy atom. The molecule has 0 fully saturated rings. The summed E-state index contributed by atoms with van der Waals surface area (Å²) in [6.45, 7) is 3.06. The molecular weight excluding hydrogens is 320 g/mol. The minimum atomic E-state index is -0.685. The van der Waals surface area contributed by atoms with Gasteiger partial charge in [0.2, 0.25) is 5.91 Å². The molecule has 0 spiro atoms. The van der Waals surface area contributed by atoms with Gasteiger partial charge < -0.3 is 5.32 Å². The van der Waals surface area contributed by atoms with E-state index in [0.29, 0.717) is 11.3 Å². The average Bonchev–Trinajstić information content (AvgIpc) is 2.49. The molecule has 120 valence electrons. The van der Waals surface area contributed by atoms with Crippen molar-refractivity contribution in [1.82, 2.24) is 0 Å². The number of thioether (sulfide) groups is 1. The number of hydrogen-bond acceptors (Lipinski definition) is 3. The summed E-state index contributed by atoms with van der Waals surface area (Å²) in [7, 11) is 0. The quantitative estimate of drug-likeness (QED) is 0.655. The minimum Gasteiger partial charge on any atom is -0.326 e. The lowest BCUT2D eigenvalue weighted by molar-refractivity contribution is -0.114. The number of Topliss-reactive ketones (excluding diaryl/α,β-unsaturated/α-hetero) is 1. The van der Waals surface area contributed by atoms with Crippen LogP contribution in [0, 0.1) is 11.6 Å². The summed E-state index contributed by atoms with van der Waals surface area (Å²) < 4.78 is 26.5. The van der Waals surface area contributed by atoms with Crippen LogP contribution in [0.25, 0.3) is 0 Å². The Labute approximate surface area is 137 Å². The van der Waals surface area contributed by atoms with Crippen LogP contribution in [-0.4, -0.2) is 16.9 Å². The lowest BCUT2D eigenvalue weighted by Gasteiger charge is -2.11. The summed E-state index contributed by atoms with van der Waals surface area (Å²) in [5.41, 5.74) is 1.06. The Bertz CT molecular complexity index is 732. The summed E-state index contributed by atoms with van der Waals surface area (Å²) in [6, 6.07) is 9.73. The average molecular weight is 335 g/mol. The van der Waals surface area contributed by atoms with Crippen molar-refractivity contribution < 1.29 is 18.4 Å². The van der Waals surface area contributed by atoms with Gasteiger partial charge in [0.25, 0.3) is 0 Å². The van der Waals surface area contributed by atoms with E-state index in [1.807, 2.05) is 0 Å². The lowest BCUT2D eigenvalue weighted by Crippen LogP contribution is -2.14. The molecule has 0 aliphatic heterocycles. The maximum absolute atomic E-state index is 13.6. The molecule has 0 heterocycles. The van der Waals surface area contributed by atoms with Crippen molar-refractivity contribution in [2.75, 3.05) is 5.32 Å². The van der Waals surface area contributed by atoms with Crippen molar-refractivity contribution in [3.8, 4) is 0 Å².